The molecule has 2 aliphatic rings. The second-order valence-corrected chi connectivity index (χ2v) is 6.07. The van der Waals surface area contributed by atoms with E-state index < -0.39 is 61.1 Å². The molecule has 0 aromatic rings. The van der Waals surface area contributed by atoms with Gasteiger partial charge < -0.3 is 46.5 Å². The van der Waals surface area contributed by atoms with Crippen LogP contribution in [0.25, 0.3) is 10.4 Å². The Morgan fingerprint density at radius 1 is 1.00 bits per heavy atom. The van der Waals surface area contributed by atoms with Gasteiger partial charge in [0.25, 0.3) is 0 Å². The molecule has 138 valence electrons. The van der Waals surface area contributed by atoms with Crippen LogP contribution in [-0.2, 0) is 9.47 Å². The third-order valence-corrected chi connectivity index (χ3v) is 4.38. The lowest BCUT2D eigenvalue weighted by molar-refractivity contribution is -0.318. The molecule has 1 heterocycles. The Hall–Kier alpha value is -1.05. The topological polar surface area (TPSA) is 220 Å². The highest BCUT2D eigenvalue weighted by atomic mass is 16.7. The van der Waals surface area contributed by atoms with Gasteiger partial charge in [-0.05, 0) is 12.0 Å². The van der Waals surface area contributed by atoms with Gasteiger partial charge in [-0.1, -0.05) is 5.11 Å². The van der Waals surface area contributed by atoms with Gasteiger partial charge in [-0.2, -0.15) is 0 Å². The van der Waals surface area contributed by atoms with Crippen molar-refractivity contribution in [3.05, 3.63) is 10.4 Å². The molecule has 24 heavy (non-hydrogen) atoms. The van der Waals surface area contributed by atoms with Crippen LogP contribution in [0.1, 0.15) is 6.42 Å². The molecule has 9 N–H and O–H groups in total. The van der Waals surface area contributed by atoms with Crippen molar-refractivity contribution in [3.8, 4) is 0 Å². The van der Waals surface area contributed by atoms with Crippen LogP contribution in [0.2, 0.25) is 0 Å². The molecule has 0 unspecified atom stereocenters. The zero-order valence-electron chi connectivity index (χ0n) is 12.7. The van der Waals surface area contributed by atoms with Crippen molar-refractivity contribution in [2.45, 2.75) is 67.5 Å². The summed E-state index contributed by atoms with van der Waals surface area (Å²) in [6.45, 7) is -0.298. The molecule has 0 amide bonds. The fraction of sp³-hybridized carbons (Fsp3) is 1.00. The van der Waals surface area contributed by atoms with Crippen molar-refractivity contribution in [2.75, 3.05) is 6.54 Å². The maximum absolute atomic E-state index is 10.1. The van der Waals surface area contributed by atoms with Crippen LogP contribution < -0.4 is 11.5 Å². The van der Waals surface area contributed by atoms with E-state index in [-0.39, 0.29) is 13.0 Å². The Morgan fingerprint density at radius 2 is 1.67 bits per heavy atom. The summed E-state index contributed by atoms with van der Waals surface area (Å²) in [5, 5.41) is 52.9. The van der Waals surface area contributed by atoms with E-state index in [0.717, 1.165) is 0 Å². The molecule has 2 fully saturated rings. The fourth-order valence-electron chi connectivity index (χ4n) is 2.92. The number of nitrogens with two attached hydrogens (primary N) is 2. The smallest absolute Gasteiger partial charge is 0.187 e. The van der Waals surface area contributed by atoms with Crippen LogP contribution in [-0.4, -0.2) is 93.2 Å². The van der Waals surface area contributed by atoms with E-state index in [1.54, 1.807) is 0 Å². The number of aliphatic hydroxyl groups is 5. The van der Waals surface area contributed by atoms with Gasteiger partial charge in [0, 0.05) is 17.0 Å². The van der Waals surface area contributed by atoms with E-state index in [9.17, 15) is 25.5 Å². The van der Waals surface area contributed by atoms with Crippen molar-refractivity contribution in [1.29, 1.82) is 0 Å². The number of azide groups is 1. The van der Waals surface area contributed by atoms with Gasteiger partial charge in [0.2, 0.25) is 0 Å². The Balaban J connectivity index is 2.10. The third kappa shape index (κ3) is 3.78. The monoisotopic (exact) mass is 349 g/mol. The highest BCUT2D eigenvalue weighted by Gasteiger charge is 2.48. The molecule has 1 saturated heterocycles. The minimum Gasteiger partial charge on any atom is -0.389 e. The summed E-state index contributed by atoms with van der Waals surface area (Å²) in [5.74, 6) is 0. The lowest BCUT2D eigenvalue weighted by atomic mass is 9.84. The standard InChI is InChI=1S/C12H23N5O7/c13-3-1-4(14)11(9(21)6(3)18)24-12-10(22)8(20)7(19)5(23-12)2-16-17-15/h3-12,18-22H,1-2,13-14H2/t3-,4+,5-,6+,7-,8+,9-,10+,11-,12-/m1/s1. The molecular weight excluding hydrogens is 326 g/mol. The first-order valence-corrected chi connectivity index (χ1v) is 7.51. The quantitative estimate of drug-likeness (QED) is 0.150. The SMILES string of the molecule is [N-]=[N+]=NC[C@H]1O[C@H](O[C@H]2[C@H](O)[C@@H](O)[C@H](N)C[C@@H]2N)[C@@H](O)[C@@H](O)[C@@H]1O. The summed E-state index contributed by atoms with van der Waals surface area (Å²) in [7, 11) is 0. The summed E-state index contributed by atoms with van der Waals surface area (Å²) in [6.07, 6.45) is -10.9. The van der Waals surface area contributed by atoms with Crippen LogP contribution in [0.5, 0.6) is 0 Å². The van der Waals surface area contributed by atoms with Gasteiger partial charge in [0.15, 0.2) is 6.29 Å². The van der Waals surface area contributed by atoms with Crippen molar-refractivity contribution in [3.63, 3.8) is 0 Å². The van der Waals surface area contributed by atoms with E-state index >= 15 is 0 Å². The van der Waals surface area contributed by atoms with Crippen LogP contribution in [0, 0.1) is 0 Å². The maximum Gasteiger partial charge on any atom is 0.187 e. The molecule has 12 nitrogen and oxygen atoms in total. The highest BCUT2D eigenvalue weighted by Crippen LogP contribution is 2.28. The summed E-state index contributed by atoms with van der Waals surface area (Å²) in [5.41, 5.74) is 19.9. The van der Waals surface area contributed by atoms with E-state index in [1.807, 2.05) is 0 Å². The largest absolute Gasteiger partial charge is 0.389 e. The highest BCUT2D eigenvalue weighted by molar-refractivity contribution is 4.99. The summed E-state index contributed by atoms with van der Waals surface area (Å²) >= 11 is 0. The zero-order chi connectivity index (χ0) is 18.0. The molecule has 1 saturated carbocycles. The van der Waals surface area contributed by atoms with E-state index in [2.05, 4.69) is 10.0 Å². The minimum atomic E-state index is -1.63. The summed E-state index contributed by atoms with van der Waals surface area (Å²) < 4.78 is 10.8. The first kappa shape index (κ1) is 19.3. The van der Waals surface area contributed by atoms with Crippen LogP contribution in [0.15, 0.2) is 5.11 Å². The second-order valence-electron chi connectivity index (χ2n) is 6.07. The van der Waals surface area contributed by atoms with Crippen molar-refractivity contribution in [2.24, 2.45) is 16.6 Å². The molecule has 10 atom stereocenters. The van der Waals surface area contributed by atoms with Gasteiger partial charge in [-0.25, -0.2) is 0 Å². The summed E-state index contributed by atoms with van der Waals surface area (Å²) in [6, 6.07) is -1.47. The maximum atomic E-state index is 10.1. The Bertz CT molecular complexity index is 479. The molecule has 0 spiro atoms. The number of ether oxygens (including phenoxy) is 2. The number of nitrogens with zero attached hydrogens (tertiary/aromatic N) is 3. The van der Waals surface area contributed by atoms with Crippen LogP contribution in [0.3, 0.4) is 0 Å². The Kier molecular flexibility index (Phi) is 6.33. The Morgan fingerprint density at radius 3 is 2.29 bits per heavy atom. The van der Waals surface area contributed by atoms with Crippen molar-refractivity contribution < 1.29 is 35.0 Å². The van der Waals surface area contributed by atoms with Gasteiger partial charge >= 0.3 is 0 Å². The van der Waals surface area contributed by atoms with Gasteiger partial charge in [0.05, 0.1) is 18.8 Å². The van der Waals surface area contributed by atoms with Gasteiger partial charge in [0.1, 0.15) is 30.5 Å². The van der Waals surface area contributed by atoms with E-state index in [4.69, 9.17) is 26.5 Å². The summed E-state index contributed by atoms with van der Waals surface area (Å²) in [4.78, 5) is 2.53. The number of hydrogen-bond donors (Lipinski definition) is 7. The van der Waals surface area contributed by atoms with Crippen molar-refractivity contribution >= 4 is 0 Å². The molecule has 0 aromatic carbocycles. The average molecular weight is 349 g/mol. The molecule has 0 bridgehead atoms. The first-order chi connectivity index (χ1) is 11.3. The van der Waals surface area contributed by atoms with Gasteiger partial charge in [-0.15, -0.1) is 0 Å². The minimum absolute atomic E-state index is 0.166. The van der Waals surface area contributed by atoms with Gasteiger partial charge in [-0.3, -0.25) is 0 Å². The predicted octanol–water partition coefficient (Wildman–Crippen LogP) is -3.73. The van der Waals surface area contributed by atoms with Crippen molar-refractivity contribution in [1.82, 2.24) is 0 Å². The lowest BCUT2D eigenvalue weighted by Crippen LogP contribution is -2.65. The van der Waals surface area contributed by atoms with E-state index in [0.29, 0.717) is 0 Å². The number of hydrogen-bond acceptors (Lipinski definition) is 10. The normalized spacial score (nSPS) is 49.5. The first-order valence-electron chi connectivity index (χ1n) is 7.51. The number of aliphatic hydroxyl groups excluding tert-OH is 5. The molecule has 1 aliphatic heterocycles. The molecular formula is C12H23N5O7. The van der Waals surface area contributed by atoms with E-state index in [1.165, 1.54) is 0 Å². The molecule has 2 rings (SSSR count). The van der Waals surface area contributed by atoms with Crippen LogP contribution >= 0.6 is 0 Å². The second kappa shape index (κ2) is 7.89. The molecule has 0 radical (unpaired) electrons. The fourth-order valence-corrected chi connectivity index (χ4v) is 2.92. The Labute approximate surface area is 137 Å². The average Bonchev–Trinajstić information content (AvgIpc) is 2.55. The lowest BCUT2D eigenvalue weighted by Gasteiger charge is -2.45. The molecule has 0 aromatic heterocycles. The molecule has 1 aliphatic carbocycles. The zero-order valence-corrected chi connectivity index (χ0v) is 12.7. The number of rotatable bonds is 4. The molecule has 12 heteroatoms. The van der Waals surface area contributed by atoms with Crippen LogP contribution in [0.4, 0.5) is 0 Å². The third-order valence-electron chi connectivity index (χ3n) is 4.38. The predicted molar refractivity (Wildman–Crippen MR) is 78.1 cm³/mol.